The number of pyridine rings is 2. The van der Waals surface area contributed by atoms with Gasteiger partial charge in [0.1, 0.15) is 0 Å². The molecule has 6 aromatic rings. The van der Waals surface area contributed by atoms with Crippen molar-refractivity contribution in [1.82, 2.24) is 19.8 Å². The summed E-state index contributed by atoms with van der Waals surface area (Å²) in [7, 11) is 1.33. The summed E-state index contributed by atoms with van der Waals surface area (Å²) in [4.78, 5) is 65.5. The number of carbonyl (C=O) groups excluding carboxylic acids is 4. The van der Waals surface area contributed by atoms with Crippen LogP contribution < -0.4 is 15.3 Å². The molecule has 2 N–H and O–H groups in total. The second-order valence-electron chi connectivity index (χ2n) is 16.1. The third-order valence-corrected chi connectivity index (χ3v) is 11.9. The van der Waals surface area contributed by atoms with E-state index in [-0.39, 0.29) is 31.4 Å². The Bertz CT molecular complexity index is 2540. The van der Waals surface area contributed by atoms with Crippen molar-refractivity contribution in [2.24, 2.45) is 0 Å². The molecule has 0 unspecified atom stereocenters. The number of likely N-dealkylation sites (tertiary alicyclic amines) is 2. The lowest BCUT2D eigenvalue weighted by atomic mass is 9.82. The van der Waals surface area contributed by atoms with Gasteiger partial charge < -0.3 is 29.3 Å². The molecule has 0 aliphatic carbocycles. The molecule has 4 heterocycles. The van der Waals surface area contributed by atoms with Gasteiger partial charge >= 0.3 is 31.1 Å². The zero-order valence-electron chi connectivity index (χ0n) is 38.3. The Morgan fingerprint density at radius 3 is 1.43 bits per heavy atom. The molecule has 0 saturated carbocycles. The number of ether oxygens (including phenoxy) is 2. The molecule has 4 amide bonds. The van der Waals surface area contributed by atoms with Crippen LogP contribution in [0.2, 0.25) is 0 Å². The third kappa shape index (κ3) is 15.6. The lowest BCUT2D eigenvalue weighted by Crippen LogP contribution is -2.45. The number of aromatic nitrogens is 2. The first kappa shape index (κ1) is 53.1. The van der Waals surface area contributed by atoms with Crippen LogP contribution in [0.4, 0.5) is 21.0 Å². The van der Waals surface area contributed by atoms with E-state index in [4.69, 9.17) is 19.5 Å². The zero-order valence-corrected chi connectivity index (χ0v) is 39.9. The van der Waals surface area contributed by atoms with E-state index in [1.807, 2.05) is 106 Å². The highest BCUT2D eigenvalue weighted by molar-refractivity contribution is 9.10. The largest absolute Gasteiger partial charge is 0.490 e. The van der Waals surface area contributed by atoms with Gasteiger partial charge in [-0.25, -0.2) is 19.2 Å². The first-order chi connectivity index (χ1) is 33.0. The Hall–Kier alpha value is -6.88. The molecule has 2 fully saturated rings. The topological polar surface area (TPSA) is 166 Å². The Labute approximate surface area is 413 Å². The summed E-state index contributed by atoms with van der Waals surface area (Å²) in [6, 6.07) is 37.3. The summed E-state index contributed by atoms with van der Waals surface area (Å²) < 4.78 is 10.5. The van der Waals surface area contributed by atoms with E-state index in [0.29, 0.717) is 29.7 Å². The van der Waals surface area contributed by atoms with Crippen LogP contribution >= 0.6 is 15.9 Å². The summed E-state index contributed by atoms with van der Waals surface area (Å²) in [5, 5.41) is 17.1. The highest BCUT2D eigenvalue weighted by Crippen LogP contribution is 2.28. The predicted octanol–water partition coefficient (Wildman–Crippen LogP) is 9.39. The Kier molecular flexibility index (Phi) is 20.9. The summed E-state index contributed by atoms with van der Waals surface area (Å²) >= 11 is 3.49. The molecule has 0 radical (unpaired) electrons. The molecule has 0 spiro atoms. The first-order valence-corrected chi connectivity index (χ1v) is 23.3. The average Bonchev–Trinajstić information content (AvgIpc) is 3.40. The summed E-state index contributed by atoms with van der Waals surface area (Å²) in [5.41, 5.74) is 6.98. The Balaban J connectivity index is 0.000000217. The number of benzene rings is 4. The van der Waals surface area contributed by atoms with E-state index in [2.05, 4.69) is 25.9 Å². The fourth-order valence-corrected chi connectivity index (χ4v) is 8.09. The van der Waals surface area contributed by atoms with Crippen molar-refractivity contribution in [1.29, 1.82) is 0 Å². The second-order valence-corrected chi connectivity index (χ2v) is 17.1. The van der Waals surface area contributed by atoms with Crippen LogP contribution in [0.5, 0.6) is 0 Å². The minimum atomic E-state index is -1.40. The maximum absolute atomic E-state index is 13.5. The van der Waals surface area contributed by atoms with Crippen LogP contribution in [-0.4, -0.2) is 101 Å². The van der Waals surface area contributed by atoms with Crippen molar-refractivity contribution in [3.05, 3.63) is 173 Å². The molecule has 14 nitrogen and oxygen atoms in total. The number of carbonyl (C=O) groups is 4. The molecule has 2 saturated heterocycles. The number of amides is 4. The number of rotatable bonds is 10. The SMILES string of the molecule is C.COC(=O)c1ccc(CN(C(=O)N2CCCCC2)c2cccc(-c3cccnc3)c2)cc1.COC(=O)c1ccc(CN(C(=O)N2CCCCC2)c2cccc(Br)c2)cc1.OB(O)c1cccnc1. The number of piperidine rings is 2. The van der Waals surface area contributed by atoms with Gasteiger partial charge in [0.05, 0.1) is 38.4 Å². The summed E-state index contributed by atoms with van der Waals surface area (Å²) in [5.74, 6) is -0.739. The quantitative estimate of drug-likeness (QED) is 0.0998. The van der Waals surface area contributed by atoms with Crippen molar-refractivity contribution < 1.29 is 38.7 Å². The first-order valence-electron chi connectivity index (χ1n) is 22.5. The number of methoxy groups -OCH3 is 2. The third-order valence-electron chi connectivity index (χ3n) is 11.4. The minimum Gasteiger partial charge on any atom is -0.465 e. The van der Waals surface area contributed by atoms with Crippen molar-refractivity contribution in [3.63, 3.8) is 0 Å². The average molecular weight is 1000 g/mol. The highest BCUT2D eigenvalue weighted by Gasteiger charge is 2.26. The summed E-state index contributed by atoms with van der Waals surface area (Å²) in [6.07, 6.45) is 13.0. The van der Waals surface area contributed by atoms with Gasteiger partial charge in [-0.2, -0.15) is 0 Å². The second kappa shape index (κ2) is 27.2. The highest BCUT2D eigenvalue weighted by atomic mass is 79.9. The molecule has 4 aromatic carbocycles. The number of hydrogen-bond donors (Lipinski definition) is 2. The number of nitrogens with zero attached hydrogens (tertiary/aromatic N) is 6. The van der Waals surface area contributed by atoms with Crippen LogP contribution in [0.25, 0.3) is 11.1 Å². The molecule has 0 bridgehead atoms. The molecule has 69 heavy (non-hydrogen) atoms. The molecule has 8 rings (SSSR count). The standard InChI is InChI=1S/C26H27N3O3.C21H23BrN2O3.C5H6BNO2.CH4/c1-32-25(30)21-12-10-20(11-13-21)19-29(26(31)28-15-3-2-4-16-28)24-9-5-7-22(17-24)23-8-6-14-27-18-23;1-27-20(25)17-10-8-16(9-11-17)15-24(19-7-5-6-18(22)14-19)21(26)23-12-3-2-4-13-23;8-6(9)5-2-1-3-7-4-5;/h5-14,17-18H,2-4,15-16,19H2,1H3;5-11,14H,2-4,12-13,15H2,1H3;1-4,8-9H;1H4. The summed E-state index contributed by atoms with van der Waals surface area (Å²) in [6.45, 7) is 3.99. The fourth-order valence-electron chi connectivity index (χ4n) is 7.70. The number of urea groups is 2. The van der Waals surface area contributed by atoms with Gasteiger partial charge in [-0.05, 0) is 122 Å². The molecule has 0 atom stereocenters. The molecule has 2 aliphatic rings. The number of anilines is 2. The molecular formula is C53H60BBrN6O8. The van der Waals surface area contributed by atoms with E-state index in [9.17, 15) is 19.2 Å². The lowest BCUT2D eigenvalue weighted by Gasteiger charge is -2.33. The van der Waals surface area contributed by atoms with Gasteiger partial charge in [0.2, 0.25) is 0 Å². The van der Waals surface area contributed by atoms with E-state index in [1.165, 1.54) is 26.8 Å². The molecule has 2 aliphatic heterocycles. The lowest BCUT2D eigenvalue weighted by molar-refractivity contribution is 0.0592. The normalized spacial score (nSPS) is 12.9. The van der Waals surface area contributed by atoms with Crippen LogP contribution in [-0.2, 0) is 22.6 Å². The smallest absolute Gasteiger partial charge is 0.465 e. The van der Waals surface area contributed by atoms with E-state index < -0.39 is 7.12 Å². The number of hydrogen-bond acceptors (Lipinski definition) is 10. The van der Waals surface area contributed by atoms with Crippen LogP contribution in [0.15, 0.2) is 151 Å². The Morgan fingerprint density at radius 1 is 0.580 bits per heavy atom. The zero-order chi connectivity index (χ0) is 48.3. The van der Waals surface area contributed by atoms with Crippen molar-refractivity contribution >= 4 is 63.9 Å². The molecular weight excluding hydrogens is 939 g/mol. The van der Waals surface area contributed by atoms with E-state index in [0.717, 1.165) is 96.4 Å². The monoisotopic (exact) mass is 998 g/mol. The number of halogens is 1. The fraction of sp³-hybridized carbons (Fsp3) is 0.283. The van der Waals surface area contributed by atoms with Crippen molar-refractivity contribution in [3.8, 4) is 11.1 Å². The van der Waals surface area contributed by atoms with Gasteiger partial charge in [-0.3, -0.25) is 19.8 Å². The van der Waals surface area contributed by atoms with Crippen molar-refractivity contribution in [2.45, 2.75) is 59.0 Å². The van der Waals surface area contributed by atoms with E-state index in [1.54, 1.807) is 53.7 Å². The van der Waals surface area contributed by atoms with Gasteiger partial charge in [0, 0.05) is 77.8 Å². The van der Waals surface area contributed by atoms with Gasteiger partial charge in [-0.1, -0.05) is 78.0 Å². The van der Waals surface area contributed by atoms with E-state index >= 15 is 0 Å². The maximum Gasteiger partial charge on any atom is 0.490 e. The van der Waals surface area contributed by atoms with Gasteiger partial charge in [0.15, 0.2) is 0 Å². The minimum absolute atomic E-state index is 0. The maximum atomic E-state index is 13.5. The van der Waals surface area contributed by atoms with Crippen molar-refractivity contribution in [2.75, 3.05) is 50.2 Å². The number of esters is 2. The van der Waals surface area contributed by atoms with Crippen LogP contribution in [0, 0.1) is 0 Å². The Morgan fingerprint density at radius 2 is 1.03 bits per heavy atom. The van der Waals surface area contributed by atoms with Crippen LogP contribution in [0.3, 0.4) is 0 Å². The van der Waals surface area contributed by atoms with Gasteiger partial charge in [-0.15, -0.1) is 0 Å². The molecule has 2 aromatic heterocycles. The predicted molar refractivity (Wildman–Crippen MR) is 274 cm³/mol. The molecule has 16 heteroatoms. The molecule has 360 valence electrons. The van der Waals surface area contributed by atoms with Gasteiger partial charge in [0.25, 0.3) is 0 Å². The van der Waals surface area contributed by atoms with Crippen LogP contribution in [0.1, 0.15) is 77.8 Å².